The molecule has 2 N–H and O–H groups in total. The lowest BCUT2D eigenvalue weighted by atomic mass is 10.1. The van der Waals surface area contributed by atoms with Crippen molar-refractivity contribution in [1.29, 1.82) is 0 Å². The summed E-state index contributed by atoms with van der Waals surface area (Å²) in [6, 6.07) is 12.7. The van der Waals surface area contributed by atoms with Gasteiger partial charge in [0.05, 0.1) is 13.2 Å². The zero-order valence-electron chi connectivity index (χ0n) is 20.1. The van der Waals surface area contributed by atoms with Gasteiger partial charge in [-0.2, -0.15) is 13.2 Å². The molecule has 2 aromatic carbocycles. The van der Waals surface area contributed by atoms with E-state index < -0.39 is 12.7 Å². The number of halogens is 4. The molecule has 1 aromatic heterocycles. The van der Waals surface area contributed by atoms with Crippen LogP contribution in [-0.4, -0.2) is 73.4 Å². The summed E-state index contributed by atoms with van der Waals surface area (Å²) in [6.07, 6.45) is 0.471. The third-order valence-electron chi connectivity index (χ3n) is 6.22. The Morgan fingerprint density at radius 3 is 2.47 bits per heavy atom. The van der Waals surface area contributed by atoms with Gasteiger partial charge in [-0.3, -0.25) is 9.62 Å². The monoisotopic (exact) mass is 524 g/mol. The average molecular weight is 525 g/mol. The number of nitrogens with one attached hydrogen (secondary N) is 2. The Bertz CT molecular complexity index is 1080. The number of hydrogen-bond donors (Lipinski definition) is 2. The van der Waals surface area contributed by atoms with Crippen LogP contribution in [0, 0.1) is 5.82 Å². The molecule has 0 radical (unpaired) electrons. The van der Waals surface area contributed by atoms with Gasteiger partial charge in [-0.15, -0.1) is 0 Å². The third-order valence-corrected chi connectivity index (χ3v) is 7.08. The summed E-state index contributed by atoms with van der Waals surface area (Å²) in [5.74, 6) is 0.590. The molecule has 0 spiro atoms. The number of alkyl halides is 3. The second-order valence-electron chi connectivity index (χ2n) is 9.01. The number of nitrogens with zero attached hydrogens (tertiary/aromatic N) is 2. The molecule has 0 saturated carbocycles. The molecule has 0 atom stereocenters. The average Bonchev–Trinajstić information content (AvgIpc) is 3.24. The predicted molar refractivity (Wildman–Crippen MR) is 136 cm³/mol. The second-order valence-corrected chi connectivity index (χ2v) is 9.97. The highest BCUT2D eigenvalue weighted by Crippen LogP contribution is 2.22. The highest BCUT2D eigenvalue weighted by molar-refractivity contribution is 7.97. The summed E-state index contributed by atoms with van der Waals surface area (Å²) < 4.78 is 60.1. The fourth-order valence-corrected chi connectivity index (χ4v) is 5.03. The van der Waals surface area contributed by atoms with E-state index in [0.29, 0.717) is 32.8 Å². The van der Waals surface area contributed by atoms with Crippen LogP contribution < -0.4 is 9.46 Å². The van der Waals surface area contributed by atoms with Gasteiger partial charge in [0.15, 0.2) is 0 Å². The number of rotatable bonds is 12. The van der Waals surface area contributed by atoms with Crippen molar-refractivity contribution in [2.75, 3.05) is 52.4 Å². The largest absolute Gasteiger partial charge is 0.494 e. The smallest absolute Gasteiger partial charge is 0.401 e. The normalized spacial score (nSPS) is 15.6. The van der Waals surface area contributed by atoms with Gasteiger partial charge in [-0.25, -0.2) is 4.39 Å². The van der Waals surface area contributed by atoms with Crippen LogP contribution in [0.4, 0.5) is 17.6 Å². The number of fused-ring (bicyclic) bond motifs is 1. The van der Waals surface area contributed by atoms with Gasteiger partial charge in [0.1, 0.15) is 11.6 Å². The Morgan fingerprint density at radius 1 is 0.972 bits per heavy atom. The van der Waals surface area contributed by atoms with E-state index in [1.54, 1.807) is 24.1 Å². The quantitative estimate of drug-likeness (QED) is 0.187. The predicted octanol–water partition coefficient (Wildman–Crippen LogP) is 5.49. The topological polar surface area (TPSA) is 43.5 Å². The first kappa shape index (κ1) is 26.8. The number of aromatic amines is 1. The summed E-state index contributed by atoms with van der Waals surface area (Å²) >= 11 is 1.57. The molecule has 0 bridgehead atoms. The molecule has 1 aliphatic rings. The zero-order valence-corrected chi connectivity index (χ0v) is 20.9. The van der Waals surface area contributed by atoms with E-state index in [4.69, 9.17) is 4.74 Å². The summed E-state index contributed by atoms with van der Waals surface area (Å²) in [5, 5.41) is 0.946. The first-order chi connectivity index (χ1) is 17.4. The van der Waals surface area contributed by atoms with E-state index in [2.05, 4.69) is 14.6 Å². The molecular formula is C26H32F4N4OS. The maximum Gasteiger partial charge on any atom is 0.401 e. The van der Waals surface area contributed by atoms with Crippen molar-refractivity contribution in [3.63, 3.8) is 0 Å². The number of piperazine rings is 1. The Labute approximate surface area is 213 Å². The molecule has 10 heteroatoms. The Kier molecular flexibility index (Phi) is 9.53. The molecule has 196 valence electrons. The number of hydrogen-bond acceptors (Lipinski definition) is 5. The Morgan fingerprint density at radius 2 is 1.72 bits per heavy atom. The minimum atomic E-state index is -4.12. The van der Waals surface area contributed by atoms with Crippen LogP contribution in [0.15, 0.2) is 53.6 Å². The van der Waals surface area contributed by atoms with E-state index >= 15 is 0 Å². The minimum Gasteiger partial charge on any atom is -0.494 e. The molecule has 2 heterocycles. The van der Waals surface area contributed by atoms with E-state index in [9.17, 15) is 17.6 Å². The van der Waals surface area contributed by atoms with E-state index in [0.717, 1.165) is 59.5 Å². The van der Waals surface area contributed by atoms with E-state index in [1.165, 1.54) is 11.0 Å². The number of H-pyrrole nitrogens is 1. The molecule has 0 aliphatic carbocycles. The second kappa shape index (κ2) is 12.8. The van der Waals surface area contributed by atoms with Crippen LogP contribution in [0.25, 0.3) is 10.9 Å². The Balaban J connectivity index is 1.06. The van der Waals surface area contributed by atoms with E-state index in [-0.39, 0.29) is 5.82 Å². The first-order valence-electron chi connectivity index (χ1n) is 12.3. The molecule has 0 amide bonds. The van der Waals surface area contributed by atoms with Crippen molar-refractivity contribution < 1.29 is 22.3 Å². The van der Waals surface area contributed by atoms with Gasteiger partial charge >= 0.3 is 6.18 Å². The van der Waals surface area contributed by atoms with Gasteiger partial charge in [-0.1, -0.05) is 0 Å². The molecule has 3 aromatic rings. The van der Waals surface area contributed by atoms with Crippen molar-refractivity contribution in [1.82, 2.24) is 19.5 Å². The van der Waals surface area contributed by atoms with E-state index in [1.807, 2.05) is 30.5 Å². The standard InChI is InChI=1S/C26H32F4N4OS/c27-21-4-9-25-24(17-21)20(18-31-25)3-1-10-32-36-23-7-5-22(6-8-23)35-16-2-11-33-12-14-34(15-13-33)19-26(28,29)30/h4-9,17-18,31-32H,1-3,10-16,19H2. The Hall–Kier alpha value is -2.27. The highest BCUT2D eigenvalue weighted by Gasteiger charge is 2.31. The van der Waals surface area contributed by atoms with Gasteiger partial charge in [0.25, 0.3) is 0 Å². The van der Waals surface area contributed by atoms with Crippen LogP contribution in [0.5, 0.6) is 5.75 Å². The first-order valence-corrected chi connectivity index (χ1v) is 13.1. The molecule has 36 heavy (non-hydrogen) atoms. The fraction of sp³-hybridized carbons (Fsp3) is 0.462. The van der Waals surface area contributed by atoms with Crippen LogP contribution in [0.1, 0.15) is 18.4 Å². The highest BCUT2D eigenvalue weighted by atomic mass is 32.2. The lowest BCUT2D eigenvalue weighted by molar-refractivity contribution is -0.149. The summed E-state index contributed by atoms with van der Waals surface area (Å²) in [5.41, 5.74) is 2.08. The zero-order chi connectivity index (χ0) is 25.4. The van der Waals surface area contributed by atoms with Crippen molar-refractivity contribution in [2.45, 2.75) is 30.3 Å². The SMILES string of the molecule is Fc1ccc2[nH]cc(CCCNSc3ccc(OCCCN4CCN(CC(F)(F)F)CC4)cc3)c2c1. The summed E-state index contributed by atoms with van der Waals surface area (Å²) in [7, 11) is 0. The number of ether oxygens (including phenoxy) is 1. The van der Waals surface area contributed by atoms with Crippen LogP contribution >= 0.6 is 11.9 Å². The maximum atomic E-state index is 13.5. The fourth-order valence-electron chi connectivity index (χ4n) is 4.35. The molecule has 4 rings (SSSR count). The van der Waals surface area contributed by atoms with Gasteiger partial charge in [-0.05, 0) is 79.2 Å². The van der Waals surface area contributed by atoms with Crippen LogP contribution in [-0.2, 0) is 6.42 Å². The van der Waals surface area contributed by atoms with Crippen molar-refractivity contribution >= 4 is 22.9 Å². The maximum absolute atomic E-state index is 13.5. The molecule has 5 nitrogen and oxygen atoms in total. The van der Waals surface area contributed by atoms with Crippen molar-refractivity contribution in [3.05, 3.63) is 60.0 Å². The lowest BCUT2D eigenvalue weighted by Gasteiger charge is -2.34. The summed E-state index contributed by atoms with van der Waals surface area (Å²) in [6.45, 7) is 3.64. The summed E-state index contributed by atoms with van der Waals surface area (Å²) in [4.78, 5) is 7.94. The number of aryl methyl sites for hydroxylation is 1. The van der Waals surface area contributed by atoms with Gasteiger partial charge in [0, 0.05) is 61.3 Å². The molecule has 0 unspecified atom stereocenters. The van der Waals surface area contributed by atoms with Gasteiger partial charge < -0.3 is 14.6 Å². The third kappa shape index (κ3) is 8.40. The lowest BCUT2D eigenvalue weighted by Crippen LogP contribution is -2.49. The van der Waals surface area contributed by atoms with Crippen LogP contribution in [0.3, 0.4) is 0 Å². The molecule has 1 aliphatic heterocycles. The number of aromatic nitrogens is 1. The van der Waals surface area contributed by atoms with Crippen molar-refractivity contribution in [2.24, 2.45) is 0 Å². The van der Waals surface area contributed by atoms with Crippen molar-refractivity contribution in [3.8, 4) is 5.75 Å². The molecule has 1 saturated heterocycles. The van der Waals surface area contributed by atoms with Crippen LogP contribution in [0.2, 0.25) is 0 Å². The number of benzene rings is 2. The molecular weight excluding hydrogens is 492 g/mol. The molecule has 1 fully saturated rings. The van der Waals surface area contributed by atoms with Gasteiger partial charge in [0.2, 0.25) is 0 Å². The minimum absolute atomic E-state index is 0.217.